The lowest BCUT2D eigenvalue weighted by Crippen LogP contribution is -2.11. The number of nitro groups is 1. The SMILES string of the molecule is Cc1ccc(S(=O)(=O)OCCCNc2ccc([N+](=O)[O-])cc2)cc1. The third-order valence-electron chi connectivity index (χ3n) is 3.28. The zero-order valence-corrected chi connectivity index (χ0v) is 14.0. The van der Waals surface area contributed by atoms with E-state index in [-0.39, 0.29) is 17.2 Å². The molecule has 128 valence electrons. The molecule has 2 aromatic rings. The van der Waals surface area contributed by atoms with E-state index in [1.807, 2.05) is 6.92 Å². The highest BCUT2D eigenvalue weighted by molar-refractivity contribution is 7.86. The molecule has 0 unspecified atom stereocenters. The van der Waals surface area contributed by atoms with E-state index in [1.165, 1.54) is 24.3 Å². The predicted molar refractivity (Wildman–Crippen MR) is 90.5 cm³/mol. The van der Waals surface area contributed by atoms with Crippen LogP contribution in [0.2, 0.25) is 0 Å². The summed E-state index contributed by atoms with van der Waals surface area (Å²) in [5.41, 5.74) is 1.72. The molecule has 0 aromatic heterocycles. The Bertz CT molecular complexity index is 786. The number of aryl methyl sites for hydroxylation is 1. The maximum Gasteiger partial charge on any atom is 0.296 e. The highest BCUT2D eigenvalue weighted by Crippen LogP contribution is 2.16. The van der Waals surface area contributed by atoms with Gasteiger partial charge in [0, 0.05) is 24.4 Å². The average Bonchev–Trinajstić information content (AvgIpc) is 2.55. The lowest BCUT2D eigenvalue weighted by atomic mass is 10.2. The maximum atomic E-state index is 12.0. The summed E-state index contributed by atoms with van der Waals surface area (Å²) in [4.78, 5) is 10.2. The van der Waals surface area contributed by atoms with Gasteiger partial charge in [-0.15, -0.1) is 0 Å². The summed E-state index contributed by atoms with van der Waals surface area (Å²) in [6.07, 6.45) is 0.474. The van der Waals surface area contributed by atoms with Crippen LogP contribution in [0.1, 0.15) is 12.0 Å². The molecule has 0 radical (unpaired) electrons. The fraction of sp³-hybridized carbons (Fsp3) is 0.250. The first kappa shape index (κ1) is 17.9. The number of benzene rings is 2. The van der Waals surface area contributed by atoms with Crippen molar-refractivity contribution in [3.8, 4) is 0 Å². The van der Waals surface area contributed by atoms with Crippen molar-refractivity contribution in [3.63, 3.8) is 0 Å². The summed E-state index contributed by atoms with van der Waals surface area (Å²) in [5, 5.41) is 13.6. The average molecular weight is 350 g/mol. The molecule has 0 aliphatic carbocycles. The Balaban J connectivity index is 1.76. The zero-order chi connectivity index (χ0) is 17.6. The number of nitro benzene ring substituents is 1. The van der Waals surface area contributed by atoms with Crippen LogP contribution in [0.4, 0.5) is 11.4 Å². The molecule has 0 spiro atoms. The lowest BCUT2D eigenvalue weighted by Gasteiger charge is -2.08. The van der Waals surface area contributed by atoms with Crippen molar-refractivity contribution < 1.29 is 17.5 Å². The highest BCUT2D eigenvalue weighted by Gasteiger charge is 2.14. The first-order chi connectivity index (χ1) is 11.4. The normalized spacial score (nSPS) is 11.2. The first-order valence-corrected chi connectivity index (χ1v) is 8.74. The van der Waals surface area contributed by atoms with Crippen molar-refractivity contribution in [1.29, 1.82) is 0 Å². The Labute approximate surface area is 140 Å². The van der Waals surface area contributed by atoms with Crippen molar-refractivity contribution in [2.24, 2.45) is 0 Å². The largest absolute Gasteiger partial charge is 0.385 e. The van der Waals surface area contributed by atoms with Crippen LogP contribution < -0.4 is 5.32 Å². The van der Waals surface area contributed by atoms with Gasteiger partial charge in [-0.25, -0.2) is 0 Å². The van der Waals surface area contributed by atoms with Gasteiger partial charge < -0.3 is 5.32 Å². The standard InChI is InChI=1S/C16H18N2O5S/c1-13-3-9-16(10-4-13)24(21,22)23-12-2-11-17-14-5-7-15(8-6-14)18(19)20/h3-10,17H,2,11-12H2,1H3. The quantitative estimate of drug-likeness (QED) is 0.340. The molecule has 0 bridgehead atoms. The van der Waals surface area contributed by atoms with Crippen molar-refractivity contribution in [2.45, 2.75) is 18.2 Å². The summed E-state index contributed by atoms with van der Waals surface area (Å²) in [7, 11) is -3.74. The van der Waals surface area contributed by atoms with Gasteiger partial charge in [0.2, 0.25) is 0 Å². The number of nitrogens with zero attached hydrogens (tertiary/aromatic N) is 1. The van der Waals surface area contributed by atoms with Gasteiger partial charge in [0.25, 0.3) is 15.8 Å². The molecule has 2 aromatic carbocycles. The van der Waals surface area contributed by atoms with Gasteiger partial charge in [0.1, 0.15) is 0 Å². The van der Waals surface area contributed by atoms with Crippen LogP contribution in [-0.2, 0) is 14.3 Å². The van der Waals surface area contributed by atoms with Crippen molar-refractivity contribution in [2.75, 3.05) is 18.5 Å². The third kappa shape index (κ3) is 5.04. The van der Waals surface area contributed by atoms with Gasteiger partial charge >= 0.3 is 0 Å². The van der Waals surface area contributed by atoms with Crippen LogP contribution in [0, 0.1) is 17.0 Å². The molecule has 0 atom stereocenters. The van der Waals surface area contributed by atoms with E-state index in [0.29, 0.717) is 13.0 Å². The molecular formula is C16H18N2O5S. The fourth-order valence-electron chi connectivity index (χ4n) is 1.95. The first-order valence-electron chi connectivity index (χ1n) is 7.33. The number of hydrogen-bond donors (Lipinski definition) is 1. The van der Waals surface area contributed by atoms with Gasteiger partial charge in [0.15, 0.2) is 0 Å². The van der Waals surface area contributed by atoms with Crippen molar-refractivity contribution >= 4 is 21.5 Å². The minimum atomic E-state index is -3.74. The molecule has 2 rings (SSSR count). The number of anilines is 1. The molecule has 8 heteroatoms. The molecule has 0 saturated heterocycles. The van der Waals surface area contributed by atoms with Crippen LogP contribution in [0.5, 0.6) is 0 Å². The van der Waals surface area contributed by atoms with Gasteiger partial charge in [0.05, 0.1) is 16.4 Å². The van der Waals surface area contributed by atoms with Crippen LogP contribution in [0.15, 0.2) is 53.4 Å². The summed E-state index contributed by atoms with van der Waals surface area (Å²) >= 11 is 0. The molecule has 0 amide bonds. The molecule has 24 heavy (non-hydrogen) atoms. The third-order valence-corrected chi connectivity index (χ3v) is 4.60. The van der Waals surface area contributed by atoms with Crippen LogP contribution in [0.25, 0.3) is 0 Å². The lowest BCUT2D eigenvalue weighted by molar-refractivity contribution is -0.384. The van der Waals surface area contributed by atoms with Crippen LogP contribution in [-0.4, -0.2) is 26.5 Å². The van der Waals surface area contributed by atoms with E-state index >= 15 is 0 Å². The number of nitrogens with one attached hydrogen (secondary N) is 1. The second-order valence-corrected chi connectivity index (χ2v) is 6.79. The Kier molecular flexibility index (Phi) is 5.88. The Morgan fingerprint density at radius 3 is 2.29 bits per heavy atom. The monoisotopic (exact) mass is 350 g/mol. The molecule has 0 aliphatic rings. The van der Waals surface area contributed by atoms with E-state index < -0.39 is 15.0 Å². The zero-order valence-electron chi connectivity index (χ0n) is 13.1. The summed E-state index contributed by atoms with van der Waals surface area (Å²) in [6, 6.07) is 12.5. The Hall–Kier alpha value is -2.45. The maximum absolute atomic E-state index is 12.0. The van der Waals surface area contributed by atoms with Crippen molar-refractivity contribution in [1.82, 2.24) is 0 Å². The molecule has 0 saturated carbocycles. The minimum Gasteiger partial charge on any atom is -0.385 e. The summed E-state index contributed by atoms with van der Waals surface area (Å²) in [5.74, 6) is 0. The van der Waals surface area contributed by atoms with E-state index in [1.54, 1.807) is 24.3 Å². The summed E-state index contributed by atoms with van der Waals surface area (Å²) < 4.78 is 28.9. The second-order valence-electron chi connectivity index (χ2n) is 5.17. The molecule has 7 nitrogen and oxygen atoms in total. The molecule has 1 N–H and O–H groups in total. The Morgan fingerprint density at radius 2 is 1.71 bits per heavy atom. The van der Waals surface area contributed by atoms with E-state index in [9.17, 15) is 18.5 Å². The second kappa shape index (κ2) is 7.89. The van der Waals surface area contributed by atoms with Gasteiger partial charge in [-0.3, -0.25) is 14.3 Å². The Morgan fingerprint density at radius 1 is 1.08 bits per heavy atom. The van der Waals surface area contributed by atoms with Crippen LogP contribution in [0.3, 0.4) is 0 Å². The smallest absolute Gasteiger partial charge is 0.296 e. The van der Waals surface area contributed by atoms with Gasteiger partial charge in [-0.1, -0.05) is 17.7 Å². The molecule has 0 aliphatic heterocycles. The molecule has 0 heterocycles. The van der Waals surface area contributed by atoms with Gasteiger partial charge in [-0.05, 0) is 37.6 Å². The van der Waals surface area contributed by atoms with E-state index in [0.717, 1.165) is 11.3 Å². The molecular weight excluding hydrogens is 332 g/mol. The van der Waals surface area contributed by atoms with E-state index in [4.69, 9.17) is 4.18 Å². The van der Waals surface area contributed by atoms with Gasteiger partial charge in [-0.2, -0.15) is 8.42 Å². The highest BCUT2D eigenvalue weighted by atomic mass is 32.2. The minimum absolute atomic E-state index is 0.0214. The summed E-state index contributed by atoms with van der Waals surface area (Å²) in [6.45, 7) is 2.42. The van der Waals surface area contributed by atoms with Crippen molar-refractivity contribution in [3.05, 3.63) is 64.2 Å². The topological polar surface area (TPSA) is 98.5 Å². The van der Waals surface area contributed by atoms with E-state index in [2.05, 4.69) is 5.32 Å². The fourth-order valence-corrected chi connectivity index (χ4v) is 2.89. The van der Waals surface area contributed by atoms with Crippen LogP contribution >= 0.6 is 0 Å². The molecule has 0 fully saturated rings. The number of non-ortho nitro benzene ring substituents is 1. The predicted octanol–water partition coefficient (Wildman–Crippen LogP) is 3.11. The number of rotatable bonds is 8. The number of hydrogen-bond acceptors (Lipinski definition) is 6.